The van der Waals surface area contributed by atoms with Gasteiger partial charge in [0.2, 0.25) is 0 Å². The molecule has 94 valence electrons. The van der Waals surface area contributed by atoms with Crippen LogP contribution in [0.1, 0.15) is 31.8 Å². The first-order valence-electron chi connectivity index (χ1n) is 5.82. The molecule has 0 bridgehead atoms. The zero-order chi connectivity index (χ0) is 12.5. The quantitative estimate of drug-likeness (QED) is 0.794. The van der Waals surface area contributed by atoms with Crippen LogP contribution in [-0.4, -0.2) is 16.2 Å². The van der Waals surface area contributed by atoms with Crippen LogP contribution >= 0.6 is 11.3 Å². The number of carbonyl (C=O) groups excluding carboxylic acids is 1. The molecule has 2 aromatic rings. The number of hydrogen-bond acceptors (Lipinski definition) is 6. The maximum atomic E-state index is 11.5. The maximum Gasteiger partial charge on any atom is 0.309 e. The summed E-state index contributed by atoms with van der Waals surface area (Å²) in [4.78, 5) is 12.4. The lowest BCUT2D eigenvalue weighted by atomic mass is 10.4. The van der Waals surface area contributed by atoms with E-state index in [1.165, 1.54) is 11.3 Å². The van der Waals surface area contributed by atoms with Crippen LogP contribution in [-0.2, 0) is 9.53 Å². The van der Waals surface area contributed by atoms with Crippen molar-refractivity contribution in [2.75, 3.05) is 0 Å². The van der Waals surface area contributed by atoms with Gasteiger partial charge in [-0.05, 0) is 31.2 Å². The second kappa shape index (κ2) is 4.53. The van der Waals surface area contributed by atoms with E-state index in [0.29, 0.717) is 11.8 Å². The molecule has 1 atom stereocenters. The summed E-state index contributed by atoms with van der Waals surface area (Å²) in [5, 5.41) is 9.81. The number of hydrogen-bond donors (Lipinski definition) is 0. The summed E-state index contributed by atoms with van der Waals surface area (Å²) < 4.78 is 10.8. The van der Waals surface area contributed by atoms with E-state index >= 15 is 0 Å². The molecule has 1 aliphatic carbocycles. The Morgan fingerprint density at radius 2 is 2.39 bits per heavy atom. The molecule has 0 radical (unpaired) electrons. The Labute approximate surface area is 108 Å². The van der Waals surface area contributed by atoms with Crippen molar-refractivity contribution in [2.24, 2.45) is 5.92 Å². The molecule has 0 spiro atoms. The van der Waals surface area contributed by atoms with Crippen LogP contribution in [0, 0.1) is 5.92 Å². The van der Waals surface area contributed by atoms with E-state index in [4.69, 9.17) is 9.15 Å². The number of aromatic nitrogens is 2. The highest BCUT2D eigenvalue weighted by Crippen LogP contribution is 2.32. The summed E-state index contributed by atoms with van der Waals surface area (Å²) in [6, 6.07) is 3.82. The standard InChI is InChI=1S/C12H12N2O3S/c1-7(16-12(15)8-4-5-8)10-13-14-11(17-10)9-3-2-6-18-9/h2-3,6-8H,4-5H2,1H3. The smallest absolute Gasteiger partial charge is 0.309 e. The number of esters is 1. The molecule has 1 aliphatic rings. The van der Waals surface area contributed by atoms with Gasteiger partial charge in [0.25, 0.3) is 11.8 Å². The summed E-state index contributed by atoms with van der Waals surface area (Å²) in [7, 11) is 0. The summed E-state index contributed by atoms with van der Waals surface area (Å²) in [6.45, 7) is 1.74. The third-order valence-corrected chi connectivity index (χ3v) is 3.58. The predicted molar refractivity (Wildman–Crippen MR) is 64.8 cm³/mol. The van der Waals surface area contributed by atoms with Crippen molar-refractivity contribution < 1.29 is 13.9 Å². The Hall–Kier alpha value is -1.69. The monoisotopic (exact) mass is 264 g/mol. The lowest BCUT2D eigenvalue weighted by Gasteiger charge is -2.08. The third-order valence-electron chi connectivity index (χ3n) is 2.72. The fourth-order valence-corrected chi connectivity index (χ4v) is 2.18. The van der Waals surface area contributed by atoms with Crippen molar-refractivity contribution >= 4 is 17.3 Å². The zero-order valence-corrected chi connectivity index (χ0v) is 10.6. The second-order valence-corrected chi connectivity index (χ2v) is 5.22. The van der Waals surface area contributed by atoms with Gasteiger partial charge >= 0.3 is 5.97 Å². The van der Waals surface area contributed by atoms with Crippen molar-refractivity contribution in [3.8, 4) is 10.8 Å². The highest BCUT2D eigenvalue weighted by molar-refractivity contribution is 7.13. The largest absolute Gasteiger partial charge is 0.452 e. The van der Waals surface area contributed by atoms with Crippen molar-refractivity contribution in [1.82, 2.24) is 10.2 Å². The first kappa shape index (κ1) is 11.4. The van der Waals surface area contributed by atoms with E-state index in [1.54, 1.807) is 6.92 Å². The molecule has 18 heavy (non-hydrogen) atoms. The zero-order valence-electron chi connectivity index (χ0n) is 9.83. The fourth-order valence-electron chi connectivity index (χ4n) is 1.54. The molecule has 3 rings (SSSR count). The number of ether oxygens (including phenoxy) is 1. The number of carbonyl (C=O) groups is 1. The minimum absolute atomic E-state index is 0.0761. The third kappa shape index (κ3) is 2.28. The fraction of sp³-hybridized carbons (Fsp3) is 0.417. The average molecular weight is 264 g/mol. The second-order valence-electron chi connectivity index (χ2n) is 4.28. The van der Waals surface area contributed by atoms with Gasteiger partial charge in [0.15, 0.2) is 6.10 Å². The molecule has 0 N–H and O–H groups in total. The normalized spacial score (nSPS) is 16.5. The Morgan fingerprint density at radius 1 is 1.56 bits per heavy atom. The van der Waals surface area contributed by atoms with Gasteiger partial charge in [-0.3, -0.25) is 4.79 Å². The van der Waals surface area contributed by atoms with E-state index in [-0.39, 0.29) is 11.9 Å². The van der Waals surface area contributed by atoms with Gasteiger partial charge in [-0.1, -0.05) is 6.07 Å². The Morgan fingerprint density at radius 3 is 3.06 bits per heavy atom. The lowest BCUT2D eigenvalue weighted by Crippen LogP contribution is -2.10. The van der Waals surface area contributed by atoms with Gasteiger partial charge in [0.1, 0.15) is 0 Å². The number of thiophene rings is 1. The first-order valence-corrected chi connectivity index (χ1v) is 6.70. The molecular formula is C12H12N2O3S. The van der Waals surface area contributed by atoms with Crippen LogP contribution in [0.25, 0.3) is 10.8 Å². The molecule has 0 saturated heterocycles. The van der Waals surface area contributed by atoms with Crippen LogP contribution in [0.4, 0.5) is 0 Å². The average Bonchev–Trinajstić information content (AvgIpc) is 2.89. The maximum absolute atomic E-state index is 11.5. The Bertz CT molecular complexity index is 545. The van der Waals surface area contributed by atoms with Crippen molar-refractivity contribution in [1.29, 1.82) is 0 Å². The van der Waals surface area contributed by atoms with E-state index in [1.807, 2.05) is 17.5 Å². The minimum atomic E-state index is -0.487. The van der Waals surface area contributed by atoms with Crippen LogP contribution in [0.2, 0.25) is 0 Å². The van der Waals surface area contributed by atoms with Crippen LogP contribution < -0.4 is 0 Å². The van der Waals surface area contributed by atoms with E-state index in [9.17, 15) is 4.79 Å². The van der Waals surface area contributed by atoms with E-state index in [0.717, 1.165) is 17.7 Å². The van der Waals surface area contributed by atoms with Crippen molar-refractivity contribution in [3.05, 3.63) is 23.4 Å². The molecule has 1 unspecified atom stereocenters. The predicted octanol–water partition coefficient (Wildman–Crippen LogP) is 2.81. The van der Waals surface area contributed by atoms with Gasteiger partial charge in [0.05, 0.1) is 10.8 Å². The summed E-state index contributed by atoms with van der Waals surface area (Å²) in [5.41, 5.74) is 0. The summed E-state index contributed by atoms with van der Waals surface area (Å²) in [6.07, 6.45) is 1.37. The topological polar surface area (TPSA) is 65.2 Å². The highest BCUT2D eigenvalue weighted by atomic mass is 32.1. The Kier molecular flexibility index (Phi) is 2.87. The van der Waals surface area contributed by atoms with Crippen LogP contribution in [0.3, 0.4) is 0 Å². The minimum Gasteiger partial charge on any atom is -0.452 e. The molecule has 2 aromatic heterocycles. The molecular weight excluding hydrogens is 252 g/mol. The van der Waals surface area contributed by atoms with Gasteiger partial charge in [-0.15, -0.1) is 21.5 Å². The summed E-state index contributed by atoms with van der Waals surface area (Å²) >= 11 is 1.53. The number of rotatable bonds is 4. The van der Waals surface area contributed by atoms with Crippen LogP contribution in [0.15, 0.2) is 21.9 Å². The molecule has 1 fully saturated rings. The molecule has 5 nitrogen and oxygen atoms in total. The molecule has 1 saturated carbocycles. The highest BCUT2D eigenvalue weighted by Gasteiger charge is 2.33. The molecule has 0 aliphatic heterocycles. The Balaban J connectivity index is 1.70. The SMILES string of the molecule is CC(OC(=O)C1CC1)c1nnc(-c2cccs2)o1. The number of nitrogens with zero attached hydrogens (tertiary/aromatic N) is 2. The van der Waals surface area contributed by atoms with Gasteiger partial charge in [-0.2, -0.15) is 0 Å². The molecule has 0 amide bonds. The van der Waals surface area contributed by atoms with Gasteiger partial charge in [0, 0.05) is 0 Å². The van der Waals surface area contributed by atoms with E-state index in [2.05, 4.69) is 10.2 Å². The van der Waals surface area contributed by atoms with Gasteiger partial charge < -0.3 is 9.15 Å². The molecule has 6 heteroatoms. The first-order chi connectivity index (χ1) is 8.74. The van der Waals surface area contributed by atoms with E-state index < -0.39 is 6.10 Å². The van der Waals surface area contributed by atoms with Crippen LogP contribution in [0.5, 0.6) is 0 Å². The van der Waals surface area contributed by atoms with Crippen molar-refractivity contribution in [2.45, 2.75) is 25.9 Å². The molecule has 0 aromatic carbocycles. The van der Waals surface area contributed by atoms with Crippen molar-refractivity contribution in [3.63, 3.8) is 0 Å². The summed E-state index contributed by atoms with van der Waals surface area (Å²) in [5.74, 6) is 0.715. The lowest BCUT2D eigenvalue weighted by molar-refractivity contribution is -0.151. The van der Waals surface area contributed by atoms with Gasteiger partial charge in [-0.25, -0.2) is 0 Å². The molecule has 2 heterocycles.